The molecule has 0 fully saturated rings. The van der Waals surface area contributed by atoms with Gasteiger partial charge in [0, 0.05) is 13.0 Å². The number of hydrogen-bond donors (Lipinski definition) is 0. The number of carbonyl (C=O) groups is 1. The molecule has 0 aliphatic carbocycles. The fourth-order valence-electron chi connectivity index (χ4n) is 6.08. The number of esters is 1. The molecule has 0 unspecified atom stereocenters. The van der Waals surface area contributed by atoms with Crippen molar-refractivity contribution < 1.29 is 66.4 Å². The standard InChI is InChI=1S/C48H96O14/c1-3-5-7-9-10-11-12-13-14-15-16-17-18-19-20-22-48(49)62-47-46-61-45-44-60-43-42-59-41-40-58-39-38-57-37-36-56-35-34-55-33-32-54-31-30-53-29-28-52-27-26-51-25-24-50-23-21-8-6-4-2/h3-47H2,1-2H3. The molecule has 0 saturated carbocycles. The highest BCUT2D eigenvalue weighted by molar-refractivity contribution is 5.69. The topological polar surface area (TPSA) is 137 Å². The summed E-state index contributed by atoms with van der Waals surface area (Å²) < 4.78 is 71.4. The molecule has 0 rings (SSSR count). The summed E-state index contributed by atoms with van der Waals surface area (Å²) in [4.78, 5) is 11.9. The third-order valence-electron chi connectivity index (χ3n) is 9.71. The maximum atomic E-state index is 11.9. The Balaban J connectivity index is 3.12. The van der Waals surface area contributed by atoms with Crippen molar-refractivity contribution in [2.75, 3.05) is 165 Å². The van der Waals surface area contributed by atoms with Crippen molar-refractivity contribution in [3.8, 4) is 0 Å². The van der Waals surface area contributed by atoms with Gasteiger partial charge in [-0.15, -0.1) is 0 Å². The molecule has 372 valence electrons. The molecule has 0 amide bonds. The van der Waals surface area contributed by atoms with E-state index in [1.54, 1.807) is 0 Å². The lowest BCUT2D eigenvalue weighted by Gasteiger charge is -2.09. The summed E-state index contributed by atoms with van der Waals surface area (Å²) in [7, 11) is 0. The predicted octanol–water partition coefficient (Wildman–Crippen LogP) is 8.57. The molecule has 62 heavy (non-hydrogen) atoms. The zero-order valence-electron chi connectivity index (χ0n) is 40.0. The largest absolute Gasteiger partial charge is 0.463 e. The van der Waals surface area contributed by atoms with Crippen LogP contribution in [-0.4, -0.2) is 171 Å². The Hall–Kier alpha value is -1.01. The van der Waals surface area contributed by atoms with Crippen molar-refractivity contribution in [3.05, 3.63) is 0 Å². The first-order chi connectivity index (χ1) is 30.8. The van der Waals surface area contributed by atoms with E-state index in [1.807, 2.05) is 0 Å². The molecule has 0 aliphatic rings. The zero-order valence-corrected chi connectivity index (χ0v) is 40.0. The van der Waals surface area contributed by atoms with Gasteiger partial charge in [0.2, 0.25) is 0 Å². The number of ether oxygens (including phenoxy) is 13. The molecule has 14 nitrogen and oxygen atoms in total. The Morgan fingerprint density at radius 2 is 0.419 bits per heavy atom. The third-order valence-corrected chi connectivity index (χ3v) is 9.71. The van der Waals surface area contributed by atoms with Crippen molar-refractivity contribution in [2.24, 2.45) is 0 Å². The summed E-state index contributed by atoms with van der Waals surface area (Å²) in [5, 5.41) is 0. The lowest BCUT2D eigenvalue weighted by molar-refractivity contribution is -0.145. The zero-order chi connectivity index (χ0) is 44.6. The van der Waals surface area contributed by atoms with Crippen LogP contribution < -0.4 is 0 Å². The van der Waals surface area contributed by atoms with Gasteiger partial charge < -0.3 is 61.6 Å². The Kier molecular flexibility index (Phi) is 57.1. The summed E-state index contributed by atoms with van der Waals surface area (Å²) in [5.41, 5.74) is 0. The highest BCUT2D eigenvalue weighted by atomic mass is 16.6. The van der Waals surface area contributed by atoms with Crippen LogP contribution in [0.3, 0.4) is 0 Å². The van der Waals surface area contributed by atoms with E-state index in [4.69, 9.17) is 61.6 Å². The second-order valence-electron chi connectivity index (χ2n) is 15.3. The summed E-state index contributed by atoms with van der Waals surface area (Å²) >= 11 is 0. The van der Waals surface area contributed by atoms with Crippen molar-refractivity contribution in [1.82, 2.24) is 0 Å². The molecule has 0 N–H and O–H groups in total. The van der Waals surface area contributed by atoms with Gasteiger partial charge in [-0.3, -0.25) is 4.79 Å². The summed E-state index contributed by atoms with van der Waals surface area (Å²) in [5.74, 6) is -0.130. The van der Waals surface area contributed by atoms with Crippen LogP contribution in [0.15, 0.2) is 0 Å². The van der Waals surface area contributed by atoms with E-state index in [9.17, 15) is 4.79 Å². The van der Waals surface area contributed by atoms with E-state index in [2.05, 4.69) is 13.8 Å². The van der Waals surface area contributed by atoms with Gasteiger partial charge >= 0.3 is 5.97 Å². The Bertz CT molecular complexity index is 812. The number of carbonyl (C=O) groups excluding carboxylic acids is 1. The van der Waals surface area contributed by atoms with Gasteiger partial charge in [0.15, 0.2) is 0 Å². The van der Waals surface area contributed by atoms with Gasteiger partial charge in [-0.25, -0.2) is 0 Å². The highest BCUT2D eigenvalue weighted by Crippen LogP contribution is 2.14. The second-order valence-corrected chi connectivity index (χ2v) is 15.3. The second kappa shape index (κ2) is 58.0. The van der Waals surface area contributed by atoms with Crippen molar-refractivity contribution in [1.29, 1.82) is 0 Å². The molecule has 0 aliphatic heterocycles. The fourth-order valence-corrected chi connectivity index (χ4v) is 6.08. The lowest BCUT2D eigenvalue weighted by Crippen LogP contribution is -2.15. The molecule has 0 aromatic carbocycles. The Morgan fingerprint density at radius 1 is 0.226 bits per heavy atom. The third kappa shape index (κ3) is 57.0. The number of hydrogen-bond acceptors (Lipinski definition) is 14. The molecule has 0 aromatic rings. The molecule has 0 atom stereocenters. The molecule has 0 saturated heterocycles. The van der Waals surface area contributed by atoms with Crippen LogP contribution in [0.25, 0.3) is 0 Å². The number of rotatable bonds is 57. The van der Waals surface area contributed by atoms with Crippen LogP contribution in [0.4, 0.5) is 0 Å². The molecule has 0 spiro atoms. The summed E-state index contributed by atoms with van der Waals surface area (Å²) in [6.07, 6.45) is 25.1. The first-order valence-electron chi connectivity index (χ1n) is 24.9. The molecular weight excluding hydrogens is 801 g/mol. The normalized spacial score (nSPS) is 11.6. The van der Waals surface area contributed by atoms with Crippen LogP contribution in [0.5, 0.6) is 0 Å². The van der Waals surface area contributed by atoms with Crippen molar-refractivity contribution >= 4 is 5.97 Å². The highest BCUT2D eigenvalue weighted by Gasteiger charge is 2.03. The van der Waals surface area contributed by atoms with E-state index in [0.717, 1.165) is 25.9 Å². The van der Waals surface area contributed by atoms with E-state index in [0.29, 0.717) is 158 Å². The molecule has 0 aromatic heterocycles. The van der Waals surface area contributed by atoms with Crippen molar-refractivity contribution in [3.63, 3.8) is 0 Å². The van der Waals surface area contributed by atoms with E-state index in [1.165, 1.54) is 103 Å². The Morgan fingerprint density at radius 3 is 0.677 bits per heavy atom. The van der Waals surface area contributed by atoms with E-state index < -0.39 is 0 Å². The first-order valence-corrected chi connectivity index (χ1v) is 24.9. The minimum absolute atomic E-state index is 0.130. The van der Waals surface area contributed by atoms with E-state index >= 15 is 0 Å². The SMILES string of the molecule is CCCCCCCCCCCCCCCCCC(=O)OCCOCCOCCOCCOCCOCCOCCOCCOCCOCCOCCOCCOCCCCCC. The maximum Gasteiger partial charge on any atom is 0.305 e. The van der Waals surface area contributed by atoms with Crippen LogP contribution in [0.1, 0.15) is 142 Å². The fraction of sp³-hybridized carbons (Fsp3) is 0.979. The van der Waals surface area contributed by atoms with Crippen LogP contribution >= 0.6 is 0 Å². The van der Waals surface area contributed by atoms with Gasteiger partial charge in [-0.2, -0.15) is 0 Å². The molecular formula is C48H96O14. The van der Waals surface area contributed by atoms with Crippen LogP contribution in [0.2, 0.25) is 0 Å². The van der Waals surface area contributed by atoms with E-state index in [-0.39, 0.29) is 12.6 Å². The summed E-state index contributed by atoms with van der Waals surface area (Å²) in [6.45, 7) is 17.4. The first kappa shape index (κ1) is 61.0. The minimum atomic E-state index is -0.130. The molecule has 0 heterocycles. The van der Waals surface area contributed by atoms with Crippen LogP contribution in [-0.2, 0) is 66.4 Å². The van der Waals surface area contributed by atoms with Crippen molar-refractivity contribution in [2.45, 2.75) is 142 Å². The van der Waals surface area contributed by atoms with Gasteiger partial charge in [0.25, 0.3) is 0 Å². The smallest absolute Gasteiger partial charge is 0.305 e. The average molecular weight is 897 g/mol. The Labute approximate surface area is 379 Å². The van der Waals surface area contributed by atoms with Gasteiger partial charge in [-0.05, 0) is 12.8 Å². The van der Waals surface area contributed by atoms with Crippen LogP contribution in [0, 0.1) is 0 Å². The van der Waals surface area contributed by atoms with Gasteiger partial charge in [0.05, 0.1) is 152 Å². The lowest BCUT2D eigenvalue weighted by atomic mass is 10.0. The molecule has 0 radical (unpaired) electrons. The quantitative estimate of drug-likeness (QED) is 0.0426. The van der Waals surface area contributed by atoms with Gasteiger partial charge in [0.1, 0.15) is 6.61 Å². The molecule has 14 heteroatoms. The maximum absolute atomic E-state index is 11.9. The predicted molar refractivity (Wildman–Crippen MR) is 244 cm³/mol. The summed E-state index contributed by atoms with van der Waals surface area (Å²) in [6, 6.07) is 0. The average Bonchev–Trinajstić information content (AvgIpc) is 3.28. The molecule has 0 bridgehead atoms. The van der Waals surface area contributed by atoms with Gasteiger partial charge in [-0.1, -0.05) is 123 Å². The minimum Gasteiger partial charge on any atom is -0.463 e. The monoisotopic (exact) mass is 897 g/mol. The number of unbranched alkanes of at least 4 members (excludes halogenated alkanes) is 17.